The number of methoxy groups -OCH3 is 1. The Labute approximate surface area is 200 Å². The Morgan fingerprint density at radius 3 is 2.44 bits per heavy atom. The van der Waals surface area contributed by atoms with Crippen molar-refractivity contribution in [3.63, 3.8) is 0 Å². The molecule has 1 aliphatic heterocycles. The highest BCUT2D eigenvalue weighted by molar-refractivity contribution is 7.89. The minimum Gasteiger partial charge on any atom is -0.491 e. The molecule has 1 saturated carbocycles. The van der Waals surface area contributed by atoms with Crippen molar-refractivity contribution >= 4 is 21.7 Å². The number of aromatic nitrogens is 2. The number of nitrogens with zero attached hydrogens (tertiary/aromatic N) is 3. The predicted octanol–water partition coefficient (Wildman–Crippen LogP) is 2.41. The summed E-state index contributed by atoms with van der Waals surface area (Å²) in [5, 5.41) is 0. The molecule has 2 heterocycles. The van der Waals surface area contributed by atoms with Crippen molar-refractivity contribution in [3.05, 3.63) is 36.2 Å². The van der Waals surface area contributed by atoms with Crippen LogP contribution in [0.5, 0.6) is 5.75 Å². The molecule has 1 aliphatic carbocycles. The first-order chi connectivity index (χ1) is 16.3. The predicted molar refractivity (Wildman–Crippen MR) is 129 cm³/mol. The van der Waals surface area contributed by atoms with Crippen molar-refractivity contribution in [2.45, 2.75) is 32.1 Å². The van der Waals surface area contributed by atoms with Crippen LogP contribution in [0.2, 0.25) is 0 Å². The molecule has 1 N–H and O–H groups in total. The molecule has 1 saturated heterocycles. The van der Waals surface area contributed by atoms with E-state index in [9.17, 15) is 13.2 Å². The van der Waals surface area contributed by atoms with E-state index in [4.69, 9.17) is 19.4 Å². The standard InChI is InChI=1S/C24H32N4O5S/c1-32-13-14-33-21-7-5-18(6-8-21)22-23(26-20(16-25-22)15-17-3-4-17)28-11-9-19(10-12-28)24(29)27-34(2,30)31/h5-8,16-17,19H,3-4,9-15H2,1-2H3,(H,27,29). The maximum atomic E-state index is 12.3. The second-order valence-electron chi connectivity index (χ2n) is 9.05. The number of sulfonamides is 1. The van der Waals surface area contributed by atoms with Crippen molar-refractivity contribution in [1.82, 2.24) is 14.7 Å². The van der Waals surface area contributed by atoms with Gasteiger partial charge in [0.05, 0.1) is 18.6 Å². The molecule has 0 spiro atoms. The van der Waals surface area contributed by atoms with Crippen molar-refractivity contribution in [2.75, 3.05) is 44.6 Å². The zero-order chi connectivity index (χ0) is 24.1. The molecule has 1 aromatic heterocycles. The van der Waals surface area contributed by atoms with E-state index in [-0.39, 0.29) is 5.92 Å². The normalized spacial score (nSPS) is 16.9. The lowest BCUT2D eigenvalue weighted by atomic mass is 9.96. The summed E-state index contributed by atoms with van der Waals surface area (Å²) >= 11 is 0. The third-order valence-corrected chi connectivity index (χ3v) is 6.71. The molecule has 1 amide bonds. The topological polar surface area (TPSA) is 111 Å². The number of hydrogen-bond donors (Lipinski definition) is 1. The van der Waals surface area contributed by atoms with E-state index in [1.165, 1.54) is 12.8 Å². The van der Waals surface area contributed by atoms with E-state index >= 15 is 0 Å². The molecule has 34 heavy (non-hydrogen) atoms. The minimum absolute atomic E-state index is 0.333. The molecule has 2 fully saturated rings. The van der Waals surface area contributed by atoms with Crippen LogP contribution < -0.4 is 14.4 Å². The van der Waals surface area contributed by atoms with Crippen molar-refractivity contribution < 1.29 is 22.7 Å². The monoisotopic (exact) mass is 488 g/mol. The summed E-state index contributed by atoms with van der Waals surface area (Å²) in [7, 11) is -1.92. The Kier molecular flexibility index (Phi) is 7.67. The molecule has 0 bridgehead atoms. The van der Waals surface area contributed by atoms with Crippen LogP contribution in [-0.2, 0) is 26.0 Å². The molecule has 0 unspecified atom stereocenters. The Balaban J connectivity index is 1.51. The fourth-order valence-corrected chi connectivity index (χ4v) is 4.66. The highest BCUT2D eigenvalue weighted by Gasteiger charge is 2.29. The van der Waals surface area contributed by atoms with Gasteiger partial charge in [0.25, 0.3) is 0 Å². The van der Waals surface area contributed by atoms with Gasteiger partial charge in [0.1, 0.15) is 18.1 Å². The molecule has 2 aromatic rings. The van der Waals surface area contributed by atoms with Crippen LogP contribution in [0.4, 0.5) is 5.82 Å². The van der Waals surface area contributed by atoms with Crippen LogP contribution >= 0.6 is 0 Å². The first kappa shape index (κ1) is 24.4. The highest BCUT2D eigenvalue weighted by Crippen LogP contribution is 2.35. The van der Waals surface area contributed by atoms with Crippen LogP contribution in [0.15, 0.2) is 30.5 Å². The zero-order valence-corrected chi connectivity index (χ0v) is 20.5. The van der Waals surface area contributed by atoms with Gasteiger partial charge >= 0.3 is 0 Å². The molecule has 0 atom stereocenters. The van der Waals surface area contributed by atoms with Crippen LogP contribution in [0.3, 0.4) is 0 Å². The fraction of sp³-hybridized carbons (Fsp3) is 0.542. The number of ether oxygens (including phenoxy) is 2. The highest BCUT2D eigenvalue weighted by atomic mass is 32.2. The summed E-state index contributed by atoms with van der Waals surface area (Å²) in [4.78, 5) is 24.2. The Morgan fingerprint density at radius 2 is 1.82 bits per heavy atom. The number of carbonyl (C=O) groups is 1. The number of hydrogen-bond acceptors (Lipinski definition) is 8. The fourth-order valence-electron chi connectivity index (χ4n) is 4.13. The maximum Gasteiger partial charge on any atom is 0.236 e. The average Bonchev–Trinajstić information content (AvgIpc) is 3.63. The summed E-state index contributed by atoms with van der Waals surface area (Å²) in [5.74, 6) is 1.51. The number of nitrogens with one attached hydrogen (secondary N) is 1. The Hall–Kier alpha value is -2.72. The number of amides is 1. The van der Waals surface area contributed by atoms with Gasteiger partial charge in [0, 0.05) is 37.9 Å². The van der Waals surface area contributed by atoms with E-state index in [0.29, 0.717) is 45.1 Å². The van der Waals surface area contributed by atoms with Gasteiger partial charge in [-0.15, -0.1) is 0 Å². The number of benzene rings is 1. The molecule has 9 nitrogen and oxygen atoms in total. The van der Waals surface area contributed by atoms with Gasteiger partial charge in [0.2, 0.25) is 15.9 Å². The number of carbonyl (C=O) groups excluding carboxylic acids is 1. The Bertz CT molecular complexity index is 1090. The lowest BCUT2D eigenvalue weighted by Gasteiger charge is -2.33. The molecule has 4 rings (SSSR count). The minimum atomic E-state index is -3.56. The van der Waals surface area contributed by atoms with Crippen molar-refractivity contribution in [3.8, 4) is 17.0 Å². The lowest BCUT2D eigenvalue weighted by Crippen LogP contribution is -2.42. The number of piperidine rings is 1. The summed E-state index contributed by atoms with van der Waals surface area (Å²) < 4.78 is 35.7. The summed E-state index contributed by atoms with van der Waals surface area (Å²) in [6.45, 7) is 2.22. The van der Waals surface area contributed by atoms with Gasteiger partial charge in [-0.25, -0.2) is 13.4 Å². The summed E-state index contributed by atoms with van der Waals surface area (Å²) in [6, 6.07) is 7.78. The number of rotatable bonds is 10. The van der Waals surface area contributed by atoms with Crippen LogP contribution in [-0.4, -0.2) is 64.0 Å². The quantitative estimate of drug-likeness (QED) is 0.508. The van der Waals surface area contributed by atoms with Gasteiger partial charge in [-0.2, -0.15) is 0 Å². The number of anilines is 1. The van der Waals surface area contributed by atoms with E-state index in [1.807, 2.05) is 30.5 Å². The van der Waals surface area contributed by atoms with Gasteiger partial charge in [0.15, 0.2) is 5.82 Å². The van der Waals surface area contributed by atoms with Crippen molar-refractivity contribution in [2.24, 2.45) is 11.8 Å². The maximum absolute atomic E-state index is 12.3. The average molecular weight is 489 g/mol. The summed E-state index contributed by atoms with van der Waals surface area (Å²) in [6.07, 6.45) is 7.39. The van der Waals surface area contributed by atoms with E-state index in [0.717, 1.165) is 41.2 Å². The first-order valence-electron chi connectivity index (χ1n) is 11.7. The van der Waals surface area contributed by atoms with Crippen LogP contribution in [0.1, 0.15) is 31.4 Å². The van der Waals surface area contributed by atoms with Gasteiger partial charge in [-0.1, -0.05) is 0 Å². The van der Waals surface area contributed by atoms with Crippen LogP contribution in [0.25, 0.3) is 11.3 Å². The molecular weight excluding hydrogens is 456 g/mol. The van der Waals surface area contributed by atoms with E-state index in [1.54, 1.807) is 7.11 Å². The SMILES string of the molecule is COCCOc1ccc(-c2ncc(CC3CC3)nc2N2CCC(C(=O)NS(C)(=O)=O)CC2)cc1. The molecular formula is C24H32N4O5S. The van der Waals surface area contributed by atoms with Crippen molar-refractivity contribution in [1.29, 1.82) is 0 Å². The first-order valence-corrected chi connectivity index (χ1v) is 13.6. The second kappa shape index (κ2) is 10.7. The Morgan fingerprint density at radius 1 is 1.12 bits per heavy atom. The van der Waals surface area contributed by atoms with Gasteiger partial charge in [-0.05, 0) is 62.3 Å². The molecule has 1 aromatic carbocycles. The van der Waals surface area contributed by atoms with E-state index in [2.05, 4.69) is 9.62 Å². The van der Waals surface area contributed by atoms with Gasteiger partial charge in [-0.3, -0.25) is 14.5 Å². The second-order valence-corrected chi connectivity index (χ2v) is 10.8. The van der Waals surface area contributed by atoms with Gasteiger partial charge < -0.3 is 14.4 Å². The third kappa shape index (κ3) is 6.66. The zero-order valence-electron chi connectivity index (χ0n) is 19.7. The smallest absolute Gasteiger partial charge is 0.236 e. The lowest BCUT2D eigenvalue weighted by molar-refractivity contribution is -0.123. The van der Waals surface area contributed by atoms with Crippen LogP contribution in [0, 0.1) is 11.8 Å². The summed E-state index contributed by atoms with van der Waals surface area (Å²) in [5.41, 5.74) is 2.72. The third-order valence-electron chi connectivity index (χ3n) is 6.13. The molecule has 10 heteroatoms. The van der Waals surface area contributed by atoms with E-state index < -0.39 is 15.9 Å². The molecule has 184 valence electrons. The largest absolute Gasteiger partial charge is 0.491 e. The molecule has 2 aliphatic rings. The molecule has 0 radical (unpaired) electrons.